The molecule has 1 atom stereocenters. The number of nitrogens with zero attached hydrogens (tertiary/aromatic N) is 2. The molecule has 0 fully saturated rings. The minimum Gasteiger partial charge on any atom is -0.446 e. The van der Waals surface area contributed by atoms with Crippen molar-refractivity contribution in [1.82, 2.24) is 9.21 Å². The molecule has 1 N–H and O–H groups in total. The molecule has 1 heterocycles. The minimum atomic E-state index is -3.66. The number of hydrogen-bond acceptors (Lipinski definition) is 5. The van der Waals surface area contributed by atoms with Gasteiger partial charge in [-0.05, 0) is 33.2 Å². The first-order chi connectivity index (χ1) is 8.82. The number of sulfonamides is 1. The van der Waals surface area contributed by atoms with Crippen LogP contribution in [0, 0.1) is 0 Å². The average molecular weight is 290 g/mol. The highest BCUT2D eigenvalue weighted by atomic mass is 32.2. The van der Waals surface area contributed by atoms with Gasteiger partial charge in [0, 0.05) is 19.1 Å². The maximum absolute atomic E-state index is 12.4. The van der Waals surface area contributed by atoms with Gasteiger partial charge in [0.25, 0.3) is 10.0 Å². The van der Waals surface area contributed by atoms with E-state index in [1.165, 1.54) is 16.4 Å². The van der Waals surface area contributed by atoms with Crippen molar-refractivity contribution in [1.29, 1.82) is 0 Å². The molecule has 0 aliphatic carbocycles. The van der Waals surface area contributed by atoms with E-state index >= 15 is 0 Å². The topological polar surface area (TPSA) is 74.0 Å². The molecule has 0 bridgehead atoms. The Balaban J connectivity index is 3.01. The molecule has 1 aromatic rings. The van der Waals surface area contributed by atoms with E-state index in [0.717, 1.165) is 0 Å². The Bertz CT molecular complexity index is 496. The van der Waals surface area contributed by atoms with Crippen LogP contribution in [0.2, 0.25) is 0 Å². The molecule has 0 aliphatic rings. The molecule has 1 rings (SSSR count). The molecule has 1 unspecified atom stereocenters. The van der Waals surface area contributed by atoms with E-state index in [4.69, 9.17) is 9.52 Å². The quantitative estimate of drug-likeness (QED) is 0.801. The van der Waals surface area contributed by atoms with Gasteiger partial charge in [0.05, 0.1) is 0 Å². The smallest absolute Gasteiger partial charge is 0.276 e. The van der Waals surface area contributed by atoms with Gasteiger partial charge in [0.15, 0.2) is 0 Å². The zero-order chi connectivity index (χ0) is 14.6. The van der Waals surface area contributed by atoms with E-state index in [0.29, 0.717) is 13.1 Å². The summed E-state index contributed by atoms with van der Waals surface area (Å²) in [7, 11) is 0.137. The van der Waals surface area contributed by atoms with Crippen LogP contribution in [-0.4, -0.2) is 56.0 Å². The molecule has 1 aromatic heterocycles. The number of likely N-dealkylation sites (N-methyl/N-ethyl adjacent to an activating group) is 2. The van der Waals surface area contributed by atoms with Crippen LogP contribution >= 0.6 is 0 Å². The summed E-state index contributed by atoms with van der Waals surface area (Å²) >= 11 is 0. The van der Waals surface area contributed by atoms with Gasteiger partial charge in [-0.1, -0.05) is 6.92 Å². The van der Waals surface area contributed by atoms with Crippen LogP contribution in [0.4, 0.5) is 0 Å². The Labute approximate surface area is 114 Å². The van der Waals surface area contributed by atoms with Crippen LogP contribution in [-0.2, 0) is 16.6 Å². The first kappa shape index (κ1) is 16.2. The molecular weight excluding hydrogens is 268 g/mol. The summed E-state index contributed by atoms with van der Waals surface area (Å²) in [6.07, 6.45) is 0. The second kappa shape index (κ2) is 6.51. The highest BCUT2D eigenvalue weighted by Crippen LogP contribution is 2.20. The Morgan fingerprint density at radius 2 is 2.00 bits per heavy atom. The van der Waals surface area contributed by atoms with Gasteiger partial charge in [-0.3, -0.25) is 0 Å². The normalized spacial score (nSPS) is 14.3. The minimum absolute atomic E-state index is 0.121. The van der Waals surface area contributed by atoms with E-state index in [9.17, 15) is 8.42 Å². The van der Waals surface area contributed by atoms with E-state index < -0.39 is 10.0 Å². The van der Waals surface area contributed by atoms with Crippen molar-refractivity contribution >= 4 is 10.0 Å². The van der Waals surface area contributed by atoms with Crippen LogP contribution in [0.5, 0.6) is 0 Å². The highest BCUT2D eigenvalue weighted by Gasteiger charge is 2.30. The van der Waals surface area contributed by atoms with Crippen molar-refractivity contribution in [2.24, 2.45) is 0 Å². The standard InChI is InChI=1S/C12H22N2O4S/c1-5-14(10(2)8-13(3)4)19(16,17)12-7-6-11(9-15)18-12/h6-7,10,15H,5,8-9H2,1-4H3. The Morgan fingerprint density at radius 1 is 1.37 bits per heavy atom. The van der Waals surface area contributed by atoms with Gasteiger partial charge < -0.3 is 14.4 Å². The SMILES string of the molecule is CCN(C(C)CN(C)C)S(=O)(=O)c1ccc(CO)o1. The van der Waals surface area contributed by atoms with Crippen LogP contribution in [0.15, 0.2) is 21.6 Å². The lowest BCUT2D eigenvalue weighted by Crippen LogP contribution is -2.43. The van der Waals surface area contributed by atoms with Crippen LogP contribution in [0.1, 0.15) is 19.6 Å². The summed E-state index contributed by atoms with van der Waals surface area (Å²) in [4.78, 5) is 1.93. The van der Waals surface area contributed by atoms with Gasteiger partial charge in [-0.2, -0.15) is 4.31 Å². The first-order valence-electron chi connectivity index (χ1n) is 6.19. The molecule has 0 aliphatic heterocycles. The van der Waals surface area contributed by atoms with Crippen molar-refractivity contribution in [3.8, 4) is 0 Å². The Kier molecular flexibility index (Phi) is 5.54. The summed E-state index contributed by atoms with van der Waals surface area (Å²) < 4.78 is 31.4. The molecule has 0 amide bonds. The second-order valence-electron chi connectivity index (χ2n) is 4.70. The molecule has 7 heteroatoms. The third-order valence-corrected chi connectivity index (χ3v) is 4.75. The van der Waals surface area contributed by atoms with Gasteiger partial charge in [0.1, 0.15) is 12.4 Å². The zero-order valence-corrected chi connectivity index (χ0v) is 12.6. The fourth-order valence-corrected chi connectivity index (χ4v) is 3.60. The number of hydrogen-bond donors (Lipinski definition) is 1. The second-order valence-corrected chi connectivity index (χ2v) is 6.52. The van der Waals surface area contributed by atoms with Gasteiger partial charge >= 0.3 is 0 Å². The fraction of sp³-hybridized carbons (Fsp3) is 0.667. The first-order valence-corrected chi connectivity index (χ1v) is 7.63. The maximum Gasteiger partial charge on any atom is 0.276 e. The summed E-state index contributed by atoms with van der Waals surface area (Å²) in [5.74, 6) is 0.245. The lowest BCUT2D eigenvalue weighted by Gasteiger charge is -2.28. The van der Waals surface area contributed by atoms with Gasteiger partial charge in [0.2, 0.25) is 5.09 Å². The van der Waals surface area contributed by atoms with E-state index in [2.05, 4.69) is 0 Å². The predicted octanol–water partition coefficient (Wildman–Crippen LogP) is 0.733. The lowest BCUT2D eigenvalue weighted by atomic mass is 10.3. The number of furan rings is 1. The Hall–Kier alpha value is -0.890. The molecular formula is C12H22N2O4S. The predicted molar refractivity (Wildman–Crippen MR) is 72.2 cm³/mol. The fourth-order valence-electron chi connectivity index (χ4n) is 2.04. The lowest BCUT2D eigenvalue weighted by molar-refractivity contribution is 0.231. The molecule has 110 valence electrons. The third-order valence-electron chi connectivity index (χ3n) is 2.79. The van der Waals surface area contributed by atoms with Crippen molar-refractivity contribution < 1.29 is 17.9 Å². The zero-order valence-electron chi connectivity index (χ0n) is 11.8. The molecule has 19 heavy (non-hydrogen) atoms. The molecule has 6 nitrogen and oxygen atoms in total. The van der Waals surface area contributed by atoms with Crippen molar-refractivity contribution in [2.45, 2.75) is 31.6 Å². The molecule has 0 aromatic carbocycles. The van der Waals surface area contributed by atoms with Crippen molar-refractivity contribution in [2.75, 3.05) is 27.2 Å². The summed E-state index contributed by atoms with van der Waals surface area (Å²) in [5.41, 5.74) is 0. The van der Waals surface area contributed by atoms with Crippen LogP contribution in [0.3, 0.4) is 0 Å². The van der Waals surface area contributed by atoms with E-state index in [1.807, 2.05) is 25.9 Å². The summed E-state index contributed by atoms with van der Waals surface area (Å²) in [6.45, 7) is 4.33. The average Bonchev–Trinajstić information content (AvgIpc) is 2.77. The Morgan fingerprint density at radius 3 is 2.42 bits per heavy atom. The van der Waals surface area contributed by atoms with Gasteiger partial charge in [-0.15, -0.1) is 0 Å². The number of aliphatic hydroxyl groups excluding tert-OH is 1. The van der Waals surface area contributed by atoms with E-state index in [1.54, 1.807) is 6.92 Å². The van der Waals surface area contributed by atoms with E-state index in [-0.39, 0.29) is 23.5 Å². The van der Waals surface area contributed by atoms with Crippen LogP contribution in [0.25, 0.3) is 0 Å². The molecule has 0 saturated heterocycles. The number of aliphatic hydroxyl groups is 1. The molecule has 0 saturated carbocycles. The molecule has 0 spiro atoms. The molecule has 0 radical (unpaired) electrons. The third kappa shape index (κ3) is 3.79. The van der Waals surface area contributed by atoms with Crippen molar-refractivity contribution in [3.05, 3.63) is 17.9 Å². The van der Waals surface area contributed by atoms with Crippen molar-refractivity contribution in [3.63, 3.8) is 0 Å². The largest absolute Gasteiger partial charge is 0.446 e. The summed E-state index contributed by atoms with van der Waals surface area (Å²) in [5, 5.41) is 8.81. The van der Waals surface area contributed by atoms with Crippen LogP contribution < -0.4 is 0 Å². The highest BCUT2D eigenvalue weighted by molar-refractivity contribution is 7.89. The maximum atomic E-state index is 12.4. The number of rotatable bonds is 7. The monoisotopic (exact) mass is 290 g/mol. The summed E-state index contributed by atoms with van der Waals surface area (Å²) in [6, 6.07) is 2.69. The van der Waals surface area contributed by atoms with Gasteiger partial charge in [-0.25, -0.2) is 8.42 Å².